The van der Waals surface area contributed by atoms with Crippen LogP contribution in [-0.2, 0) is 34.2 Å². The molecule has 10 radical (unpaired) electrons. The number of carbonyl (C=O) groups is 1. The molecule has 2 aliphatic carbocycles. The maximum Gasteiger partial charge on any atom is 2.00 e. The Labute approximate surface area is 192 Å². The van der Waals surface area contributed by atoms with Gasteiger partial charge in [0.05, 0.1) is 11.1 Å². The molecule has 1 heterocycles. The molecule has 32 heavy (non-hydrogen) atoms. The van der Waals surface area contributed by atoms with Crippen LogP contribution in [0.2, 0.25) is 0 Å². The van der Waals surface area contributed by atoms with E-state index < -0.39 is 29.1 Å². The van der Waals surface area contributed by atoms with Gasteiger partial charge >= 0.3 is 29.4 Å². The minimum atomic E-state index is -4.91. The maximum absolute atomic E-state index is 13.1. The van der Waals surface area contributed by atoms with Crippen molar-refractivity contribution in [2.24, 2.45) is 0 Å². The third kappa shape index (κ3) is 6.61. The second-order valence-electron chi connectivity index (χ2n) is 6.26. The topological polar surface area (TPSA) is 39.2 Å². The van der Waals surface area contributed by atoms with Crippen LogP contribution in [0.15, 0.2) is 24.3 Å². The number of aromatic nitrogens is 1. The predicted octanol–water partition coefficient (Wildman–Crippen LogP) is 5.60. The average molecular weight is 493 g/mol. The van der Waals surface area contributed by atoms with Crippen molar-refractivity contribution in [2.75, 3.05) is 0 Å². The van der Waals surface area contributed by atoms with Crippen molar-refractivity contribution in [1.82, 2.24) is 4.98 Å². The monoisotopic (exact) mass is 493 g/mol. The summed E-state index contributed by atoms with van der Waals surface area (Å²) >= 11 is 0. The molecule has 1 aromatic carbocycles. The fraction of sp³-hybridized carbons (Fsp3) is 0.0909. The SMILES string of the molecule is FC(F)(F)c1cc(O[C]2[CH][CH][CH][CH]2)c2cccc(C(F)(F)F)c2n1.O=C[C]1[CH][CH][CH][CH]1.[Fe+2]. The van der Waals surface area contributed by atoms with E-state index in [0.29, 0.717) is 12.1 Å². The molecule has 3 nitrogen and oxygen atoms in total. The van der Waals surface area contributed by atoms with Crippen molar-refractivity contribution in [3.8, 4) is 5.75 Å². The Kier molecular flexibility index (Phi) is 8.99. The standard InChI is InChI=1S/C16H8F6NO.C6H5O.Fe/c17-15(18,19)11-7-3-6-10-12(24-9-4-1-2-5-9)8-13(16(20,21)22)23-14(10)11;7-5-6-3-1-2-4-6;/h1-8H;1-5H;/q;;+2. The number of hydrogen-bond donors (Lipinski definition) is 0. The summed E-state index contributed by atoms with van der Waals surface area (Å²) in [6, 6.07) is 3.60. The molecule has 0 aliphatic heterocycles. The zero-order valence-electron chi connectivity index (χ0n) is 15.9. The van der Waals surface area contributed by atoms with Crippen LogP contribution in [-0.4, -0.2) is 11.3 Å². The smallest absolute Gasteiger partial charge is 0.482 e. The Balaban J connectivity index is 0.000000388. The van der Waals surface area contributed by atoms with Crippen LogP contribution in [0.25, 0.3) is 10.9 Å². The molecule has 0 N–H and O–H groups in total. The molecule has 2 saturated carbocycles. The molecular weight excluding hydrogens is 480 g/mol. The average Bonchev–Trinajstić information content (AvgIpc) is 3.40. The first-order valence-electron chi connectivity index (χ1n) is 8.74. The van der Waals surface area contributed by atoms with Gasteiger partial charge in [-0.25, -0.2) is 4.98 Å². The Morgan fingerprint density at radius 1 is 0.844 bits per heavy atom. The van der Waals surface area contributed by atoms with Crippen molar-refractivity contribution in [2.45, 2.75) is 12.4 Å². The number of halogens is 6. The van der Waals surface area contributed by atoms with Gasteiger partial charge in [0.1, 0.15) is 17.7 Å². The first kappa shape index (κ1) is 26.5. The van der Waals surface area contributed by atoms with Gasteiger partial charge in [-0.3, -0.25) is 0 Å². The van der Waals surface area contributed by atoms with E-state index in [-0.39, 0.29) is 34.3 Å². The molecule has 0 unspecified atom stereocenters. The normalized spacial score (nSPS) is 17.6. The van der Waals surface area contributed by atoms with Crippen LogP contribution in [0.5, 0.6) is 5.75 Å². The van der Waals surface area contributed by atoms with Gasteiger partial charge < -0.3 is 9.53 Å². The van der Waals surface area contributed by atoms with Gasteiger partial charge in [0.25, 0.3) is 0 Å². The number of aldehydes is 1. The quantitative estimate of drug-likeness (QED) is 0.318. The fourth-order valence-electron chi connectivity index (χ4n) is 2.69. The molecular formula is C22H13F6FeNO2+2. The minimum absolute atomic E-state index is 0. The van der Waals surface area contributed by atoms with Crippen LogP contribution in [0.4, 0.5) is 26.3 Å². The van der Waals surface area contributed by atoms with Crippen molar-refractivity contribution in [3.05, 3.63) is 98.9 Å². The van der Waals surface area contributed by atoms with Gasteiger partial charge in [0, 0.05) is 30.2 Å². The van der Waals surface area contributed by atoms with Crippen molar-refractivity contribution < 1.29 is 52.9 Å². The molecule has 10 heteroatoms. The number of hydrogen-bond acceptors (Lipinski definition) is 3. The molecule has 4 rings (SSSR count). The minimum Gasteiger partial charge on any atom is -0.482 e. The summed E-state index contributed by atoms with van der Waals surface area (Å²) in [5.41, 5.74) is -3.51. The van der Waals surface area contributed by atoms with Gasteiger partial charge in [0.2, 0.25) is 0 Å². The molecule has 0 atom stereocenters. The second-order valence-corrected chi connectivity index (χ2v) is 6.26. The number of benzene rings is 1. The zero-order chi connectivity index (χ0) is 22.6. The van der Waals surface area contributed by atoms with Gasteiger partial charge in [0.15, 0.2) is 6.10 Å². The molecule has 2 fully saturated rings. The molecule has 166 valence electrons. The van der Waals surface area contributed by atoms with Crippen molar-refractivity contribution >= 4 is 17.2 Å². The number of alkyl halides is 6. The number of fused-ring (bicyclic) bond motifs is 1. The van der Waals surface area contributed by atoms with Gasteiger partial charge in [-0.05, 0) is 50.7 Å². The fourth-order valence-corrected chi connectivity index (χ4v) is 2.69. The molecule has 0 saturated heterocycles. The van der Waals surface area contributed by atoms with Crippen molar-refractivity contribution in [1.29, 1.82) is 0 Å². The summed E-state index contributed by atoms with van der Waals surface area (Å²) < 4.78 is 83.6. The Bertz CT molecular complexity index is 904. The number of para-hydroxylation sites is 1. The summed E-state index contributed by atoms with van der Waals surface area (Å²) in [5, 5.41) is -0.154. The van der Waals surface area contributed by atoms with E-state index in [9.17, 15) is 31.1 Å². The molecule has 0 spiro atoms. The van der Waals surface area contributed by atoms with Crippen LogP contribution >= 0.6 is 0 Å². The Morgan fingerprint density at radius 3 is 1.94 bits per heavy atom. The first-order chi connectivity index (χ1) is 14.6. The van der Waals surface area contributed by atoms with E-state index in [1.165, 1.54) is 18.9 Å². The number of ether oxygens (including phenoxy) is 1. The van der Waals surface area contributed by atoms with Crippen LogP contribution in [0.1, 0.15) is 11.3 Å². The number of rotatable bonds is 3. The van der Waals surface area contributed by atoms with Gasteiger partial charge in [-0.1, -0.05) is 6.07 Å². The van der Waals surface area contributed by atoms with Crippen LogP contribution < -0.4 is 4.74 Å². The zero-order valence-corrected chi connectivity index (χ0v) is 17.0. The van der Waals surface area contributed by atoms with Gasteiger partial charge in [-0.15, -0.1) is 0 Å². The largest absolute Gasteiger partial charge is 2.00 e. The van der Waals surface area contributed by atoms with E-state index in [0.717, 1.165) is 18.3 Å². The summed E-state index contributed by atoms with van der Waals surface area (Å²) in [6.45, 7) is 0. The summed E-state index contributed by atoms with van der Waals surface area (Å²) in [5.74, 6) is 0.407. The van der Waals surface area contributed by atoms with Crippen molar-refractivity contribution in [3.63, 3.8) is 0 Å². The molecule has 2 aliphatic rings. The maximum atomic E-state index is 13.1. The molecule has 0 bridgehead atoms. The summed E-state index contributed by atoms with van der Waals surface area (Å²) in [4.78, 5) is 13.0. The first-order valence-corrected chi connectivity index (χ1v) is 8.74. The molecule has 0 amide bonds. The van der Waals surface area contributed by atoms with E-state index in [2.05, 4.69) is 4.98 Å². The number of carbonyl (C=O) groups excluding carboxylic acids is 1. The van der Waals surface area contributed by atoms with Crippen LogP contribution in [0.3, 0.4) is 0 Å². The summed E-state index contributed by atoms with van der Waals surface area (Å²) in [7, 11) is 0. The molecule has 2 aromatic rings. The van der Waals surface area contributed by atoms with E-state index >= 15 is 0 Å². The third-order valence-corrected chi connectivity index (χ3v) is 4.08. The van der Waals surface area contributed by atoms with Crippen LogP contribution in [0, 0.1) is 63.4 Å². The third-order valence-electron chi connectivity index (χ3n) is 4.08. The summed E-state index contributed by atoms with van der Waals surface area (Å²) in [6.07, 6.45) is 4.65. The Hall–Kier alpha value is -1.80. The predicted molar refractivity (Wildman–Crippen MR) is 99.3 cm³/mol. The van der Waals surface area contributed by atoms with E-state index in [1.807, 2.05) is 12.8 Å². The number of pyridine rings is 1. The van der Waals surface area contributed by atoms with E-state index in [4.69, 9.17) is 4.74 Å². The van der Waals surface area contributed by atoms with Gasteiger partial charge in [-0.2, -0.15) is 26.3 Å². The second kappa shape index (κ2) is 10.9. The molecule has 1 aromatic heterocycles. The van der Waals surface area contributed by atoms with E-state index in [1.54, 1.807) is 25.7 Å². The number of nitrogens with zero attached hydrogens (tertiary/aromatic N) is 1. The Morgan fingerprint density at radius 2 is 1.44 bits per heavy atom.